The van der Waals surface area contributed by atoms with Gasteiger partial charge in [0.2, 0.25) is 0 Å². The van der Waals surface area contributed by atoms with Crippen LogP contribution < -0.4 is 5.32 Å². The van der Waals surface area contributed by atoms with E-state index >= 15 is 0 Å². The van der Waals surface area contributed by atoms with Crippen molar-refractivity contribution in [3.05, 3.63) is 69.8 Å². The Balaban J connectivity index is 1.84. The molecule has 1 saturated heterocycles. The third-order valence-electron chi connectivity index (χ3n) is 4.75. The highest BCUT2D eigenvalue weighted by Gasteiger charge is 2.29. The molecule has 156 valence electrons. The number of rotatable bonds is 5. The molecule has 0 bridgehead atoms. The lowest BCUT2D eigenvalue weighted by molar-refractivity contribution is -0.0346. The summed E-state index contributed by atoms with van der Waals surface area (Å²) in [7, 11) is 0. The fraction of sp³-hybridized carbons (Fsp3) is 0.350. The van der Waals surface area contributed by atoms with Gasteiger partial charge < -0.3 is 10.1 Å². The van der Waals surface area contributed by atoms with Crippen LogP contribution in [0.15, 0.2) is 30.3 Å². The maximum Gasteiger partial charge on any atom is 0.251 e. The van der Waals surface area contributed by atoms with Gasteiger partial charge in [0.05, 0.1) is 18.8 Å². The molecule has 1 aliphatic heterocycles. The van der Waals surface area contributed by atoms with E-state index in [-0.39, 0.29) is 28.8 Å². The van der Waals surface area contributed by atoms with Gasteiger partial charge in [-0.2, -0.15) is 0 Å². The zero-order valence-electron chi connectivity index (χ0n) is 15.5. The SMILES string of the molecule is CC1CN(C(CNC(=O)c2cc(F)c(F)c(F)c2)c2c(F)cccc2Cl)CCO1. The highest BCUT2D eigenvalue weighted by molar-refractivity contribution is 6.31. The number of morpholine rings is 1. The minimum Gasteiger partial charge on any atom is -0.376 e. The Morgan fingerprint density at radius 3 is 2.55 bits per heavy atom. The van der Waals surface area contributed by atoms with Gasteiger partial charge in [-0.25, -0.2) is 17.6 Å². The summed E-state index contributed by atoms with van der Waals surface area (Å²) in [5.74, 6) is -5.94. The molecule has 1 N–H and O–H groups in total. The van der Waals surface area contributed by atoms with Crippen molar-refractivity contribution in [3.8, 4) is 0 Å². The molecule has 1 aliphatic rings. The third-order valence-corrected chi connectivity index (χ3v) is 5.08. The molecule has 2 atom stereocenters. The van der Waals surface area contributed by atoms with E-state index in [9.17, 15) is 22.4 Å². The number of nitrogens with zero attached hydrogens (tertiary/aromatic N) is 1. The average Bonchev–Trinajstić information content (AvgIpc) is 2.67. The van der Waals surface area contributed by atoms with Crippen LogP contribution in [-0.2, 0) is 4.74 Å². The molecule has 3 rings (SSSR count). The first-order chi connectivity index (χ1) is 13.8. The number of amides is 1. The van der Waals surface area contributed by atoms with Crippen molar-refractivity contribution in [2.45, 2.75) is 19.1 Å². The maximum atomic E-state index is 14.6. The standard InChI is InChI=1S/C20H19ClF4N2O2/c1-11-10-27(5-6-29-11)17(18-13(21)3-2-4-14(18)22)9-26-20(28)12-7-15(23)19(25)16(24)8-12/h2-4,7-8,11,17H,5-6,9-10H2,1H3,(H,26,28). The van der Waals surface area contributed by atoms with Gasteiger partial charge in [-0.1, -0.05) is 17.7 Å². The second-order valence-corrected chi connectivity index (χ2v) is 7.20. The number of halogens is 5. The molecule has 0 saturated carbocycles. The number of benzene rings is 2. The fourth-order valence-corrected chi connectivity index (χ4v) is 3.64. The van der Waals surface area contributed by atoms with Gasteiger partial charge in [0.25, 0.3) is 5.91 Å². The van der Waals surface area contributed by atoms with Crippen molar-refractivity contribution in [3.63, 3.8) is 0 Å². The van der Waals surface area contributed by atoms with Crippen LogP contribution in [-0.4, -0.2) is 43.2 Å². The number of nitrogens with one attached hydrogen (secondary N) is 1. The van der Waals surface area contributed by atoms with Gasteiger partial charge in [-0.15, -0.1) is 0 Å². The van der Waals surface area contributed by atoms with Crippen molar-refractivity contribution < 1.29 is 27.1 Å². The first-order valence-electron chi connectivity index (χ1n) is 9.00. The highest BCUT2D eigenvalue weighted by Crippen LogP contribution is 2.31. The molecule has 2 aromatic carbocycles. The Morgan fingerprint density at radius 2 is 1.93 bits per heavy atom. The zero-order chi connectivity index (χ0) is 21.1. The molecular weight excluding hydrogens is 412 g/mol. The van der Waals surface area contributed by atoms with Crippen molar-refractivity contribution in [2.24, 2.45) is 0 Å². The van der Waals surface area contributed by atoms with Crippen LogP contribution in [0.5, 0.6) is 0 Å². The lowest BCUT2D eigenvalue weighted by atomic mass is 10.0. The lowest BCUT2D eigenvalue weighted by Gasteiger charge is -2.38. The minimum atomic E-state index is -1.65. The van der Waals surface area contributed by atoms with Crippen LogP contribution in [0, 0.1) is 23.3 Å². The monoisotopic (exact) mass is 430 g/mol. The van der Waals surface area contributed by atoms with Crippen LogP contribution in [0.25, 0.3) is 0 Å². The molecule has 1 fully saturated rings. The molecular formula is C20H19ClF4N2O2. The van der Waals surface area contributed by atoms with E-state index in [0.717, 1.165) is 0 Å². The van der Waals surface area contributed by atoms with Crippen LogP contribution in [0.3, 0.4) is 0 Å². The lowest BCUT2D eigenvalue weighted by Crippen LogP contribution is -2.47. The van der Waals surface area contributed by atoms with Crippen LogP contribution in [0.4, 0.5) is 17.6 Å². The Bertz CT molecular complexity index is 869. The molecule has 4 nitrogen and oxygen atoms in total. The molecule has 0 spiro atoms. The largest absolute Gasteiger partial charge is 0.376 e. The van der Waals surface area contributed by atoms with Crippen molar-refractivity contribution in [2.75, 3.05) is 26.2 Å². The zero-order valence-corrected chi connectivity index (χ0v) is 16.3. The average molecular weight is 431 g/mol. The van der Waals surface area contributed by atoms with Crippen molar-refractivity contribution in [1.82, 2.24) is 10.2 Å². The van der Waals surface area contributed by atoms with E-state index in [4.69, 9.17) is 16.3 Å². The number of ether oxygens (including phenoxy) is 1. The number of carbonyl (C=O) groups is 1. The van der Waals surface area contributed by atoms with Gasteiger partial charge in [-0.05, 0) is 31.2 Å². The summed E-state index contributed by atoms with van der Waals surface area (Å²) in [5.41, 5.74) is -0.171. The summed E-state index contributed by atoms with van der Waals surface area (Å²) in [6.45, 7) is 3.17. The van der Waals surface area contributed by atoms with Gasteiger partial charge in [-0.3, -0.25) is 9.69 Å². The highest BCUT2D eigenvalue weighted by atomic mass is 35.5. The Morgan fingerprint density at radius 1 is 1.24 bits per heavy atom. The molecule has 29 heavy (non-hydrogen) atoms. The molecule has 9 heteroatoms. The Kier molecular flexibility index (Phi) is 6.77. The first-order valence-corrected chi connectivity index (χ1v) is 9.38. The van der Waals surface area contributed by atoms with Crippen molar-refractivity contribution >= 4 is 17.5 Å². The summed E-state index contributed by atoms with van der Waals surface area (Å²) in [4.78, 5) is 14.3. The second-order valence-electron chi connectivity index (χ2n) is 6.79. The van der Waals surface area contributed by atoms with Gasteiger partial charge in [0.15, 0.2) is 17.5 Å². The summed E-state index contributed by atoms with van der Waals surface area (Å²) in [6.07, 6.45) is -0.104. The predicted molar refractivity (Wildman–Crippen MR) is 99.8 cm³/mol. The molecule has 1 heterocycles. The number of hydrogen-bond acceptors (Lipinski definition) is 3. The van der Waals surface area contributed by atoms with Crippen molar-refractivity contribution in [1.29, 1.82) is 0 Å². The smallest absolute Gasteiger partial charge is 0.251 e. The molecule has 0 aromatic heterocycles. The molecule has 2 unspecified atom stereocenters. The molecule has 2 aromatic rings. The van der Waals surface area contributed by atoms with Crippen LogP contribution >= 0.6 is 11.6 Å². The number of hydrogen-bond donors (Lipinski definition) is 1. The summed E-state index contributed by atoms with van der Waals surface area (Å²) >= 11 is 6.22. The second kappa shape index (κ2) is 9.11. The predicted octanol–water partition coefficient (Wildman–Crippen LogP) is 4.09. The number of carbonyl (C=O) groups excluding carboxylic acids is 1. The van der Waals surface area contributed by atoms with Crippen LogP contribution in [0.2, 0.25) is 5.02 Å². The van der Waals surface area contributed by atoms with Crippen LogP contribution in [0.1, 0.15) is 28.9 Å². The van der Waals surface area contributed by atoms with E-state index in [1.807, 2.05) is 11.8 Å². The van der Waals surface area contributed by atoms with E-state index < -0.39 is 35.2 Å². The normalized spacial score (nSPS) is 18.5. The fourth-order valence-electron chi connectivity index (χ4n) is 3.35. The molecule has 0 aliphatic carbocycles. The first kappa shape index (κ1) is 21.5. The quantitative estimate of drug-likeness (QED) is 0.574. The Labute approximate surface area is 170 Å². The van der Waals surface area contributed by atoms with E-state index in [1.165, 1.54) is 12.1 Å². The summed E-state index contributed by atoms with van der Waals surface area (Å²) < 4.78 is 60.0. The van der Waals surface area contributed by atoms with E-state index in [0.29, 0.717) is 31.8 Å². The third kappa shape index (κ3) is 4.88. The summed E-state index contributed by atoms with van der Waals surface area (Å²) in [5, 5.41) is 2.73. The van der Waals surface area contributed by atoms with Gasteiger partial charge >= 0.3 is 0 Å². The Hall–Kier alpha value is -2.16. The van der Waals surface area contributed by atoms with Gasteiger partial charge in [0.1, 0.15) is 5.82 Å². The summed E-state index contributed by atoms with van der Waals surface area (Å²) in [6, 6.07) is 4.87. The maximum absolute atomic E-state index is 14.6. The molecule has 1 amide bonds. The molecule has 0 radical (unpaired) electrons. The minimum absolute atomic E-state index is 0.0766. The van der Waals surface area contributed by atoms with Gasteiger partial charge in [0, 0.05) is 35.8 Å². The van der Waals surface area contributed by atoms with E-state index in [2.05, 4.69) is 5.32 Å². The van der Waals surface area contributed by atoms with E-state index in [1.54, 1.807) is 6.07 Å². The topological polar surface area (TPSA) is 41.6 Å².